The average molecular weight is 508 g/mol. The molecule has 3 N–H and O–H groups in total. The van der Waals surface area contributed by atoms with Crippen molar-refractivity contribution in [2.24, 2.45) is 10.2 Å². The van der Waals surface area contributed by atoms with Crippen LogP contribution in [-0.2, 0) is 0 Å². The first-order valence-corrected chi connectivity index (χ1v) is 11.9. The second kappa shape index (κ2) is 9.74. The van der Waals surface area contributed by atoms with Crippen LogP contribution in [0.25, 0.3) is 27.7 Å². The first-order chi connectivity index (χ1) is 18.2. The Balaban J connectivity index is 1.60. The smallest absolute Gasteiger partial charge is 0.505 e. The molecule has 0 spiro atoms. The van der Waals surface area contributed by atoms with Gasteiger partial charge in [0.05, 0.1) is 5.52 Å². The molecular formula is C30H25N3O5. The fourth-order valence-electron chi connectivity index (χ4n) is 4.38. The number of hydrogen-bond acceptors (Lipinski definition) is 6. The van der Waals surface area contributed by atoms with Crippen molar-refractivity contribution in [3.8, 4) is 34.2 Å². The van der Waals surface area contributed by atoms with Gasteiger partial charge in [-0.3, -0.25) is 4.57 Å². The van der Waals surface area contributed by atoms with E-state index in [0.717, 1.165) is 33.3 Å². The van der Waals surface area contributed by atoms with Gasteiger partial charge in [-0.2, -0.15) is 0 Å². The van der Waals surface area contributed by atoms with Gasteiger partial charge in [0.2, 0.25) is 5.88 Å². The number of carbonyl (C=O) groups is 1. The van der Waals surface area contributed by atoms with Crippen LogP contribution in [-0.4, -0.2) is 26.0 Å². The zero-order valence-corrected chi connectivity index (χ0v) is 21.0. The lowest BCUT2D eigenvalue weighted by Gasteiger charge is -2.09. The van der Waals surface area contributed by atoms with E-state index >= 15 is 0 Å². The number of phenols is 1. The van der Waals surface area contributed by atoms with Crippen LogP contribution in [0.5, 0.6) is 17.4 Å². The molecule has 8 heteroatoms. The maximum Gasteiger partial charge on any atom is 0.511 e. The summed E-state index contributed by atoms with van der Waals surface area (Å²) in [6, 6.07) is 23.1. The summed E-state index contributed by atoms with van der Waals surface area (Å²) >= 11 is 0. The molecule has 0 atom stereocenters. The van der Waals surface area contributed by atoms with E-state index in [1.165, 1.54) is 12.1 Å². The lowest BCUT2D eigenvalue weighted by molar-refractivity contribution is 0.144. The van der Waals surface area contributed by atoms with E-state index in [1.54, 1.807) is 34.9 Å². The van der Waals surface area contributed by atoms with E-state index in [-0.39, 0.29) is 28.8 Å². The van der Waals surface area contributed by atoms with E-state index in [4.69, 9.17) is 9.84 Å². The van der Waals surface area contributed by atoms with Crippen LogP contribution in [0.2, 0.25) is 0 Å². The minimum absolute atomic E-state index is 0.0632. The lowest BCUT2D eigenvalue weighted by atomic mass is 10.0. The minimum Gasteiger partial charge on any atom is -0.505 e. The highest BCUT2D eigenvalue weighted by molar-refractivity contribution is 5.97. The molecule has 0 aliphatic heterocycles. The van der Waals surface area contributed by atoms with Gasteiger partial charge in [-0.1, -0.05) is 42.0 Å². The van der Waals surface area contributed by atoms with E-state index in [0.29, 0.717) is 11.1 Å². The minimum atomic E-state index is -1.43. The van der Waals surface area contributed by atoms with Gasteiger partial charge in [-0.25, -0.2) is 4.79 Å². The summed E-state index contributed by atoms with van der Waals surface area (Å²) in [5.74, 6) is -0.0788. The standard InChI is InChI=1S/C30H25N3O5/c1-17-10-13-26-24(14-17)27(29(35)33(26)21-12-11-18(2)19(3)15-21)32-31-25-9-5-8-23(28(25)34)20-6-4-7-22(16-20)38-30(36)37/h4-16,34-35H,1-3H3,(H,36,37). The topological polar surface area (TPSA) is 117 Å². The fourth-order valence-corrected chi connectivity index (χ4v) is 4.38. The molecule has 0 radical (unpaired) electrons. The van der Waals surface area contributed by atoms with Gasteiger partial charge >= 0.3 is 6.16 Å². The van der Waals surface area contributed by atoms with Crippen LogP contribution in [0, 0.1) is 20.8 Å². The summed E-state index contributed by atoms with van der Waals surface area (Å²) < 4.78 is 6.47. The molecule has 0 aliphatic rings. The number of aryl methyl sites for hydroxylation is 3. The van der Waals surface area contributed by atoms with Crippen molar-refractivity contribution in [3.05, 3.63) is 95.6 Å². The summed E-state index contributed by atoms with van der Waals surface area (Å²) in [5.41, 5.74) is 6.26. The number of rotatable bonds is 5. The number of ether oxygens (including phenoxy) is 1. The van der Waals surface area contributed by atoms with E-state index in [2.05, 4.69) is 10.2 Å². The molecule has 8 nitrogen and oxygen atoms in total. The molecule has 0 unspecified atom stereocenters. The number of aromatic hydroxyl groups is 2. The summed E-state index contributed by atoms with van der Waals surface area (Å²) in [4.78, 5) is 10.9. The maximum atomic E-state index is 11.3. The Hall–Kier alpha value is -5.11. The van der Waals surface area contributed by atoms with Gasteiger partial charge in [0.25, 0.3) is 0 Å². The molecule has 0 saturated heterocycles. The van der Waals surface area contributed by atoms with Crippen LogP contribution in [0.3, 0.4) is 0 Å². The molecule has 0 saturated carbocycles. The Morgan fingerprint density at radius 3 is 2.39 bits per heavy atom. The van der Waals surface area contributed by atoms with Crippen molar-refractivity contribution < 1.29 is 24.9 Å². The molecule has 0 amide bonds. The molecule has 5 aromatic rings. The quantitative estimate of drug-likeness (QED) is 0.126. The molecule has 0 aliphatic carbocycles. The number of fused-ring (bicyclic) bond motifs is 1. The first kappa shape index (κ1) is 24.6. The van der Waals surface area contributed by atoms with Gasteiger partial charge in [0.15, 0.2) is 11.4 Å². The highest BCUT2D eigenvalue weighted by Gasteiger charge is 2.19. The van der Waals surface area contributed by atoms with Gasteiger partial charge in [-0.05, 0) is 79.9 Å². The van der Waals surface area contributed by atoms with Gasteiger partial charge in [0, 0.05) is 16.6 Å². The van der Waals surface area contributed by atoms with Gasteiger partial charge in [-0.15, -0.1) is 10.2 Å². The number of hydrogen-bond donors (Lipinski definition) is 3. The Kier molecular flexibility index (Phi) is 6.30. The predicted octanol–water partition coefficient (Wildman–Crippen LogP) is 8.11. The Bertz CT molecular complexity index is 1740. The highest BCUT2D eigenvalue weighted by Crippen LogP contribution is 2.44. The van der Waals surface area contributed by atoms with Crippen molar-refractivity contribution in [3.63, 3.8) is 0 Å². The number of para-hydroxylation sites is 1. The second-order valence-electron chi connectivity index (χ2n) is 9.07. The number of azo groups is 1. The van der Waals surface area contributed by atoms with Crippen LogP contribution >= 0.6 is 0 Å². The van der Waals surface area contributed by atoms with Gasteiger partial charge < -0.3 is 20.1 Å². The average Bonchev–Trinajstić information content (AvgIpc) is 3.15. The summed E-state index contributed by atoms with van der Waals surface area (Å²) in [5, 5.41) is 40.5. The second-order valence-corrected chi connectivity index (χ2v) is 9.07. The van der Waals surface area contributed by atoms with Crippen molar-refractivity contribution in [2.45, 2.75) is 20.8 Å². The monoisotopic (exact) mass is 507 g/mol. The number of aromatic nitrogens is 1. The van der Waals surface area contributed by atoms with Crippen LogP contribution in [0.4, 0.5) is 16.2 Å². The van der Waals surface area contributed by atoms with Crippen LogP contribution in [0.1, 0.15) is 16.7 Å². The zero-order chi connectivity index (χ0) is 27.0. The number of carboxylic acid groups (broad SMARTS) is 1. The maximum absolute atomic E-state index is 11.3. The molecule has 0 fully saturated rings. The molecule has 5 rings (SSSR count). The van der Waals surface area contributed by atoms with Crippen molar-refractivity contribution in [2.75, 3.05) is 0 Å². The molecular weight excluding hydrogens is 482 g/mol. The SMILES string of the molecule is Cc1ccc2c(c1)c(N=Nc1cccc(-c3cccc(OC(=O)O)c3)c1O)c(O)n2-c1ccc(C)c(C)c1. The number of nitrogens with zero attached hydrogens (tertiary/aromatic N) is 3. The molecule has 4 aromatic carbocycles. The van der Waals surface area contributed by atoms with E-state index < -0.39 is 6.16 Å². The predicted molar refractivity (Wildman–Crippen MR) is 146 cm³/mol. The highest BCUT2D eigenvalue weighted by atomic mass is 16.7. The van der Waals surface area contributed by atoms with Crippen LogP contribution in [0.15, 0.2) is 89.1 Å². The summed E-state index contributed by atoms with van der Waals surface area (Å²) in [6.07, 6.45) is -1.43. The third-order valence-corrected chi connectivity index (χ3v) is 6.44. The number of benzene rings is 4. The molecule has 1 heterocycles. The number of phenolic OH excluding ortho intramolecular Hbond substituents is 1. The largest absolute Gasteiger partial charge is 0.511 e. The first-order valence-electron chi connectivity index (χ1n) is 11.9. The van der Waals surface area contributed by atoms with Crippen molar-refractivity contribution in [1.29, 1.82) is 0 Å². The van der Waals surface area contributed by atoms with E-state index in [1.807, 2.05) is 57.2 Å². The fraction of sp³-hybridized carbons (Fsp3) is 0.100. The van der Waals surface area contributed by atoms with Gasteiger partial charge in [0.1, 0.15) is 11.4 Å². The lowest BCUT2D eigenvalue weighted by Crippen LogP contribution is -2.02. The molecule has 38 heavy (non-hydrogen) atoms. The third kappa shape index (κ3) is 4.55. The Labute approximate surface area is 218 Å². The van der Waals surface area contributed by atoms with E-state index in [9.17, 15) is 15.0 Å². The molecule has 1 aromatic heterocycles. The van der Waals surface area contributed by atoms with Crippen molar-refractivity contribution >= 4 is 28.4 Å². The normalized spacial score (nSPS) is 11.3. The van der Waals surface area contributed by atoms with Crippen LogP contribution < -0.4 is 4.74 Å². The summed E-state index contributed by atoms with van der Waals surface area (Å²) in [7, 11) is 0. The molecule has 190 valence electrons. The Morgan fingerprint density at radius 1 is 0.842 bits per heavy atom. The zero-order valence-electron chi connectivity index (χ0n) is 21.0. The molecule has 0 bridgehead atoms. The third-order valence-electron chi connectivity index (χ3n) is 6.44. The Morgan fingerprint density at radius 2 is 1.63 bits per heavy atom. The van der Waals surface area contributed by atoms with Crippen molar-refractivity contribution in [1.82, 2.24) is 4.57 Å². The summed E-state index contributed by atoms with van der Waals surface area (Å²) in [6.45, 7) is 6.01.